The van der Waals surface area contributed by atoms with Gasteiger partial charge < -0.3 is 10.2 Å². The molecule has 2 N–H and O–H groups in total. The van der Waals surface area contributed by atoms with Crippen LogP contribution in [0.2, 0.25) is 0 Å². The summed E-state index contributed by atoms with van der Waals surface area (Å²) in [6.07, 6.45) is -0.243. The molecule has 17 heavy (non-hydrogen) atoms. The zero-order valence-corrected chi connectivity index (χ0v) is 10.7. The lowest BCUT2D eigenvalue weighted by Gasteiger charge is -2.47. The number of carbonyl (C=O) groups excluding carboxylic acids is 2. The van der Waals surface area contributed by atoms with Crippen molar-refractivity contribution < 1.29 is 9.59 Å². The fourth-order valence-electron chi connectivity index (χ4n) is 2.38. The van der Waals surface area contributed by atoms with E-state index >= 15 is 0 Å². The quantitative estimate of drug-likeness (QED) is 0.644. The van der Waals surface area contributed by atoms with E-state index in [1.54, 1.807) is 11.9 Å². The van der Waals surface area contributed by atoms with Gasteiger partial charge >= 0.3 is 6.03 Å². The summed E-state index contributed by atoms with van der Waals surface area (Å²) in [5.74, 6) is 0.300. The summed E-state index contributed by atoms with van der Waals surface area (Å²) in [5, 5.41) is 6.62. The highest BCUT2D eigenvalue weighted by molar-refractivity contribution is 6.00. The average molecular weight is 240 g/mol. The van der Waals surface area contributed by atoms with Crippen LogP contribution in [-0.4, -0.2) is 60.6 Å². The van der Waals surface area contributed by atoms with Crippen LogP contribution in [0.5, 0.6) is 0 Å². The monoisotopic (exact) mass is 240 g/mol. The third-order valence-corrected chi connectivity index (χ3v) is 3.67. The predicted molar refractivity (Wildman–Crippen MR) is 63.3 cm³/mol. The van der Waals surface area contributed by atoms with Gasteiger partial charge in [0, 0.05) is 26.7 Å². The van der Waals surface area contributed by atoms with Crippen molar-refractivity contribution in [2.24, 2.45) is 5.92 Å². The Morgan fingerprint density at radius 3 is 2.53 bits per heavy atom. The standard InChI is InChI=1S/C11H20N4O2/c1-6(2)7-5-12-8-9(13-7)14(3)11(17)15(4)10(8)16/h6-9,12-13H,5H2,1-4H3. The zero-order valence-electron chi connectivity index (χ0n) is 10.7. The minimum absolute atomic E-state index is 0.159. The van der Waals surface area contributed by atoms with E-state index in [-0.39, 0.29) is 30.2 Å². The second kappa shape index (κ2) is 4.27. The van der Waals surface area contributed by atoms with Gasteiger partial charge in [0.2, 0.25) is 0 Å². The Kier molecular flexibility index (Phi) is 3.09. The summed E-state index contributed by atoms with van der Waals surface area (Å²) in [6.45, 7) is 5.00. The van der Waals surface area contributed by atoms with E-state index in [1.807, 2.05) is 0 Å². The fourth-order valence-corrected chi connectivity index (χ4v) is 2.38. The van der Waals surface area contributed by atoms with Crippen molar-refractivity contribution in [2.45, 2.75) is 32.1 Å². The van der Waals surface area contributed by atoms with Crippen LogP contribution in [0, 0.1) is 5.92 Å². The summed E-state index contributed by atoms with van der Waals surface area (Å²) >= 11 is 0. The molecule has 0 aromatic heterocycles. The number of carbonyl (C=O) groups is 2. The lowest BCUT2D eigenvalue weighted by molar-refractivity contribution is -0.136. The second-order valence-corrected chi connectivity index (χ2v) is 5.14. The largest absolute Gasteiger partial charge is 0.327 e. The van der Waals surface area contributed by atoms with Crippen LogP contribution in [0.25, 0.3) is 0 Å². The van der Waals surface area contributed by atoms with E-state index in [0.29, 0.717) is 5.92 Å². The smallest absolute Gasteiger partial charge is 0.310 e. The van der Waals surface area contributed by atoms with Crippen LogP contribution in [0.1, 0.15) is 13.8 Å². The normalized spacial score (nSPS) is 34.3. The van der Waals surface area contributed by atoms with Gasteiger partial charge in [0.05, 0.1) is 0 Å². The molecule has 2 rings (SSSR count). The Hall–Kier alpha value is -1.14. The summed E-state index contributed by atoms with van der Waals surface area (Å²) in [4.78, 5) is 26.6. The number of urea groups is 1. The van der Waals surface area contributed by atoms with Gasteiger partial charge in [0.1, 0.15) is 12.2 Å². The molecule has 2 heterocycles. The van der Waals surface area contributed by atoms with Gasteiger partial charge in [-0.2, -0.15) is 0 Å². The minimum Gasteiger partial charge on any atom is -0.310 e. The first-order valence-corrected chi connectivity index (χ1v) is 5.97. The van der Waals surface area contributed by atoms with Crippen LogP contribution >= 0.6 is 0 Å². The van der Waals surface area contributed by atoms with Gasteiger partial charge in [-0.1, -0.05) is 13.8 Å². The lowest BCUT2D eigenvalue weighted by Crippen LogP contribution is -2.75. The molecule has 0 aromatic carbocycles. The van der Waals surface area contributed by atoms with E-state index < -0.39 is 0 Å². The molecule has 3 amide bonds. The first kappa shape index (κ1) is 12.3. The number of imide groups is 1. The van der Waals surface area contributed by atoms with Gasteiger partial charge in [0.15, 0.2) is 0 Å². The lowest BCUT2D eigenvalue weighted by atomic mass is 9.97. The number of likely N-dealkylation sites (N-methyl/N-ethyl adjacent to an activating group) is 2. The molecule has 96 valence electrons. The molecule has 2 aliphatic rings. The highest BCUT2D eigenvalue weighted by Crippen LogP contribution is 2.18. The maximum absolute atomic E-state index is 12.0. The topological polar surface area (TPSA) is 64.7 Å². The van der Waals surface area contributed by atoms with Gasteiger partial charge in [-0.05, 0) is 5.92 Å². The molecule has 0 aliphatic carbocycles. The Bertz CT molecular complexity index is 344. The number of piperazine rings is 1. The molecule has 6 nitrogen and oxygen atoms in total. The number of hydrogen-bond donors (Lipinski definition) is 2. The number of hydrogen-bond acceptors (Lipinski definition) is 4. The van der Waals surface area contributed by atoms with Crippen molar-refractivity contribution in [3.05, 3.63) is 0 Å². The first-order chi connectivity index (χ1) is 7.93. The summed E-state index contributed by atoms with van der Waals surface area (Å²) < 4.78 is 0. The van der Waals surface area contributed by atoms with Crippen LogP contribution < -0.4 is 10.6 Å². The molecule has 3 atom stereocenters. The van der Waals surface area contributed by atoms with Crippen LogP contribution in [-0.2, 0) is 4.79 Å². The molecule has 0 radical (unpaired) electrons. The highest BCUT2D eigenvalue weighted by atomic mass is 16.2. The van der Waals surface area contributed by atoms with E-state index in [9.17, 15) is 9.59 Å². The Morgan fingerprint density at radius 2 is 1.94 bits per heavy atom. The van der Waals surface area contributed by atoms with Crippen LogP contribution in [0.4, 0.5) is 4.79 Å². The van der Waals surface area contributed by atoms with E-state index in [2.05, 4.69) is 24.5 Å². The molecule has 2 saturated heterocycles. The molecular formula is C11H20N4O2. The molecule has 6 heteroatoms. The van der Waals surface area contributed by atoms with Gasteiger partial charge in [-0.15, -0.1) is 0 Å². The van der Waals surface area contributed by atoms with Crippen LogP contribution in [0.3, 0.4) is 0 Å². The highest BCUT2D eigenvalue weighted by Gasteiger charge is 2.46. The Labute approximate surface area is 101 Å². The van der Waals surface area contributed by atoms with Crippen molar-refractivity contribution in [2.75, 3.05) is 20.6 Å². The number of nitrogens with zero attached hydrogens (tertiary/aromatic N) is 2. The Balaban J connectivity index is 2.19. The van der Waals surface area contributed by atoms with E-state index in [4.69, 9.17) is 0 Å². The molecule has 0 bridgehead atoms. The summed E-state index contributed by atoms with van der Waals surface area (Å²) in [6, 6.07) is -0.310. The predicted octanol–water partition coefficient (Wildman–Crippen LogP) is -0.578. The van der Waals surface area contributed by atoms with Gasteiger partial charge in [-0.3, -0.25) is 15.0 Å². The summed E-state index contributed by atoms with van der Waals surface area (Å²) in [7, 11) is 3.24. The van der Waals surface area contributed by atoms with Crippen molar-refractivity contribution in [1.82, 2.24) is 20.4 Å². The molecule has 0 aromatic rings. The molecule has 3 unspecified atom stereocenters. The number of fused-ring (bicyclic) bond motifs is 1. The van der Waals surface area contributed by atoms with Gasteiger partial charge in [0.25, 0.3) is 5.91 Å². The second-order valence-electron chi connectivity index (χ2n) is 5.14. The van der Waals surface area contributed by atoms with E-state index in [1.165, 1.54) is 11.9 Å². The minimum atomic E-state index is -0.335. The first-order valence-electron chi connectivity index (χ1n) is 5.97. The summed E-state index contributed by atoms with van der Waals surface area (Å²) in [5.41, 5.74) is 0. The molecule has 2 aliphatic heterocycles. The third kappa shape index (κ3) is 1.91. The molecule has 2 fully saturated rings. The van der Waals surface area contributed by atoms with Gasteiger partial charge in [-0.25, -0.2) is 4.79 Å². The third-order valence-electron chi connectivity index (χ3n) is 3.67. The SMILES string of the molecule is CC(C)C1CNC2C(=O)N(C)C(=O)N(C)C2N1. The maximum Gasteiger partial charge on any atom is 0.327 e. The number of amides is 3. The maximum atomic E-state index is 12.0. The van der Waals surface area contributed by atoms with E-state index in [0.717, 1.165) is 6.54 Å². The molecule has 0 spiro atoms. The number of rotatable bonds is 1. The van der Waals surface area contributed by atoms with Crippen molar-refractivity contribution in [3.63, 3.8) is 0 Å². The fraction of sp³-hybridized carbons (Fsp3) is 0.818. The van der Waals surface area contributed by atoms with Crippen molar-refractivity contribution in [1.29, 1.82) is 0 Å². The average Bonchev–Trinajstić information content (AvgIpc) is 2.32. The number of nitrogens with one attached hydrogen (secondary N) is 2. The Morgan fingerprint density at radius 1 is 1.29 bits per heavy atom. The molecule has 0 saturated carbocycles. The van der Waals surface area contributed by atoms with Crippen molar-refractivity contribution in [3.8, 4) is 0 Å². The van der Waals surface area contributed by atoms with Crippen LogP contribution in [0.15, 0.2) is 0 Å². The molecular weight excluding hydrogens is 220 g/mol. The van der Waals surface area contributed by atoms with Crippen molar-refractivity contribution >= 4 is 11.9 Å². The zero-order chi connectivity index (χ0) is 12.7.